The summed E-state index contributed by atoms with van der Waals surface area (Å²) < 4.78 is 5.32. The Morgan fingerprint density at radius 2 is 2.06 bits per heavy atom. The Hall–Kier alpha value is -1.97. The van der Waals surface area contributed by atoms with Crippen molar-refractivity contribution in [2.75, 3.05) is 5.43 Å². The van der Waals surface area contributed by atoms with Crippen molar-refractivity contribution in [1.82, 2.24) is 5.01 Å². The maximum atomic E-state index is 11.7. The van der Waals surface area contributed by atoms with E-state index in [1.54, 1.807) is 0 Å². The van der Waals surface area contributed by atoms with Gasteiger partial charge in [0.25, 0.3) is 0 Å². The Morgan fingerprint density at radius 1 is 1.41 bits per heavy atom. The molecule has 2 rings (SSSR count). The highest BCUT2D eigenvalue weighted by Crippen LogP contribution is 2.34. The Labute approximate surface area is 101 Å². The highest BCUT2D eigenvalue weighted by molar-refractivity contribution is 5.76. The van der Waals surface area contributed by atoms with E-state index in [2.05, 4.69) is 12.0 Å². The summed E-state index contributed by atoms with van der Waals surface area (Å²) in [4.78, 5) is 11.7. The Morgan fingerprint density at radius 3 is 2.59 bits per heavy atom. The molecule has 1 amide bonds. The van der Waals surface area contributed by atoms with Crippen molar-refractivity contribution in [3.8, 4) is 0 Å². The van der Waals surface area contributed by atoms with E-state index in [1.807, 2.05) is 44.2 Å². The van der Waals surface area contributed by atoms with E-state index < -0.39 is 11.7 Å². The van der Waals surface area contributed by atoms with Crippen LogP contribution in [0.25, 0.3) is 0 Å². The summed E-state index contributed by atoms with van der Waals surface area (Å²) in [6.45, 7) is 7.75. The van der Waals surface area contributed by atoms with E-state index in [0.717, 1.165) is 5.69 Å². The molecule has 0 radical (unpaired) electrons. The number of amides is 1. The van der Waals surface area contributed by atoms with Gasteiger partial charge in [0, 0.05) is 0 Å². The lowest BCUT2D eigenvalue weighted by atomic mass is 10.0. The van der Waals surface area contributed by atoms with E-state index in [-0.39, 0.29) is 0 Å². The van der Waals surface area contributed by atoms with E-state index in [4.69, 9.17) is 4.74 Å². The van der Waals surface area contributed by atoms with Crippen molar-refractivity contribution >= 4 is 11.8 Å². The molecule has 0 aliphatic carbocycles. The normalized spacial score (nSPS) is 23.8. The van der Waals surface area contributed by atoms with Gasteiger partial charge in [0.1, 0.15) is 0 Å². The van der Waals surface area contributed by atoms with Crippen LogP contribution in [0.3, 0.4) is 0 Å². The number of carbonyl (C=O) groups excluding carboxylic acids is 1. The monoisotopic (exact) mass is 232 g/mol. The third-order valence-electron chi connectivity index (χ3n) is 3.06. The van der Waals surface area contributed by atoms with Crippen molar-refractivity contribution in [1.29, 1.82) is 0 Å². The SMILES string of the molecule is C=C1N(Nc2ccccc2)C(=O)O[C@@]1(C)CC. The Kier molecular flexibility index (Phi) is 2.79. The molecule has 1 aliphatic heterocycles. The molecule has 0 aromatic heterocycles. The van der Waals surface area contributed by atoms with E-state index in [0.29, 0.717) is 12.1 Å². The fraction of sp³-hybridized carbons (Fsp3) is 0.308. The average molecular weight is 232 g/mol. The van der Waals surface area contributed by atoms with Gasteiger partial charge in [-0.3, -0.25) is 5.43 Å². The first-order chi connectivity index (χ1) is 8.07. The molecule has 0 bridgehead atoms. The molecule has 0 unspecified atom stereocenters. The standard InChI is InChI=1S/C13H16N2O2/c1-4-13(3)10(2)15(12(16)17-13)14-11-8-6-5-7-9-11/h5-9,14H,2,4H2,1,3H3/t13-/m0/s1. The van der Waals surface area contributed by atoms with Crippen LogP contribution in [0.4, 0.5) is 10.5 Å². The lowest BCUT2D eigenvalue weighted by Crippen LogP contribution is -2.31. The number of nitrogens with zero attached hydrogens (tertiary/aromatic N) is 1. The molecular formula is C13H16N2O2. The second-order valence-corrected chi connectivity index (χ2v) is 4.21. The summed E-state index contributed by atoms with van der Waals surface area (Å²) in [6, 6.07) is 9.46. The topological polar surface area (TPSA) is 41.6 Å². The number of rotatable bonds is 3. The maximum Gasteiger partial charge on any atom is 0.434 e. The molecule has 1 N–H and O–H groups in total. The number of ether oxygens (including phenoxy) is 1. The number of benzene rings is 1. The molecule has 1 aromatic carbocycles. The number of hydrogen-bond acceptors (Lipinski definition) is 3. The average Bonchev–Trinajstić information content (AvgIpc) is 2.55. The second kappa shape index (κ2) is 4.13. The number of carbonyl (C=O) groups is 1. The molecule has 1 atom stereocenters. The molecule has 1 fully saturated rings. The van der Waals surface area contributed by atoms with Crippen molar-refractivity contribution in [3.63, 3.8) is 0 Å². The van der Waals surface area contributed by atoms with E-state index in [9.17, 15) is 4.79 Å². The van der Waals surface area contributed by atoms with E-state index >= 15 is 0 Å². The predicted octanol–water partition coefficient (Wildman–Crippen LogP) is 3.15. The van der Waals surface area contributed by atoms with Gasteiger partial charge >= 0.3 is 6.09 Å². The van der Waals surface area contributed by atoms with Crippen LogP contribution in [-0.2, 0) is 4.74 Å². The summed E-state index contributed by atoms with van der Waals surface area (Å²) >= 11 is 0. The summed E-state index contributed by atoms with van der Waals surface area (Å²) in [6.07, 6.45) is 0.285. The number of para-hydroxylation sites is 1. The van der Waals surface area contributed by atoms with Crippen molar-refractivity contribution < 1.29 is 9.53 Å². The zero-order valence-corrected chi connectivity index (χ0v) is 10.1. The molecule has 1 heterocycles. The minimum Gasteiger partial charge on any atom is -0.435 e. The van der Waals surface area contributed by atoms with Gasteiger partial charge in [0.15, 0.2) is 5.60 Å². The molecule has 0 spiro atoms. The molecule has 4 heteroatoms. The quantitative estimate of drug-likeness (QED) is 0.870. The molecule has 4 nitrogen and oxygen atoms in total. The summed E-state index contributed by atoms with van der Waals surface area (Å²) in [5.41, 5.74) is 3.84. The van der Waals surface area contributed by atoms with Gasteiger partial charge in [0.05, 0.1) is 11.4 Å². The van der Waals surface area contributed by atoms with Crippen LogP contribution < -0.4 is 5.43 Å². The largest absolute Gasteiger partial charge is 0.435 e. The minimum atomic E-state index is -0.612. The number of cyclic esters (lactones) is 1. The molecule has 17 heavy (non-hydrogen) atoms. The maximum absolute atomic E-state index is 11.7. The first-order valence-electron chi connectivity index (χ1n) is 5.61. The number of hydrazine groups is 1. The molecule has 90 valence electrons. The molecule has 1 aliphatic rings. The van der Waals surface area contributed by atoms with Crippen LogP contribution in [-0.4, -0.2) is 16.7 Å². The second-order valence-electron chi connectivity index (χ2n) is 4.21. The summed E-state index contributed by atoms with van der Waals surface area (Å²) in [7, 11) is 0. The predicted molar refractivity (Wildman–Crippen MR) is 66.2 cm³/mol. The third-order valence-corrected chi connectivity index (χ3v) is 3.06. The first-order valence-corrected chi connectivity index (χ1v) is 5.61. The van der Waals surface area contributed by atoms with Crippen molar-refractivity contribution in [3.05, 3.63) is 42.6 Å². The highest BCUT2D eigenvalue weighted by Gasteiger charge is 2.44. The number of anilines is 1. The van der Waals surface area contributed by atoms with Crippen LogP contribution in [0.1, 0.15) is 20.3 Å². The number of hydrogen-bond donors (Lipinski definition) is 1. The molecule has 1 aromatic rings. The van der Waals surface area contributed by atoms with Crippen molar-refractivity contribution in [2.45, 2.75) is 25.9 Å². The third kappa shape index (κ3) is 1.98. The molecule has 0 saturated carbocycles. The van der Waals surface area contributed by atoms with Crippen LogP contribution in [0.15, 0.2) is 42.6 Å². The lowest BCUT2D eigenvalue weighted by molar-refractivity contribution is 0.0794. The zero-order valence-electron chi connectivity index (χ0n) is 10.1. The Bertz CT molecular complexity index is 444. The first kappa shape index (κ1) is 11.5. The van der Waals surface area contributed by atoms with Gasteiger partial charge in [-0.2, -0.15) is 5.01 Å². The summed E-state index contributed by atoms with van der Waals surface area (Å²) in [5.74, 6) is 0. The van der Waals surface area contributed by atoms with Gasteiger partial charge in [-0.05, 0) is 25.5 Å². The van der Waals surface area contributed by atoms with Crippen molar-refractivity contribution in [2.24, 2.45) is 0 Å². The summed E-state index contributed by atoms with van der Waals surface area (Å²) in [5, 5.41) is 1.36. The lowest BCUT2D eigenvalue weighted by Gasteiger charge is -2.22. The molecular weight excluding hydrogens is 216 g/mol. The van der Waals surface area contributed by atoms with Crippen LogP contribution in [0, 0.1) is 0 Å². The highest BCUT2D eigenvalue weighted by atomic mass is 16.6. The van der Waals surface area contributed by atoms with Crippen LogP contribution >= 0.6 is 0 Å². The number of nitrogens with one attached hydrogen (secondary N) is 1. The van der Waals surface area contributed by atoms with Gasteiger partial charge in [0.2, 0.25) is 0 Å². The Balaban J connectivity index is 2.18. The van der Waals surface area contributed by atoms with Crippen LogP contribution in [0.2, 0.25) is 0 Å². The van der Waals surface area contributed by atoms with Gasteiger partial charge in [-0.15, -0.1) is 0 Å². The minimum absolute atomic E-state index is 0.414. The zero-order chi connectivity index (χ0) is 12.5. The van der Waals surface area contributed by atoms with Gasteiger partial charge < -0.3 is 4.74 Å². The fourth-order valence-electron chi connectivity index (χ4n) is 1.68. The van der Waals surface area contributed by atoms with E-state index in [1.165, 1.54) is 5.01 Å². The smallest absolute Gasteiger partial charge is 0.434 e. The molecule has 1 saturated heterocycles. The van der Waals surface area contributed by atoms with Gasteiger partial charge in [-0.25, -0.2) is 4.79 Å². The van der Waals surface area contributed by atoms with Gasteiger partial charge in [-0.1, -0.05) is 31.7 Å². The fourth-order valence-corrected chi connectivity index (χ4v) is 1.68. The van der Waals surface area contributed by atoms with Crippen LogP contribution in [0.5, 0.6) is 0 Å².